The summed E-state index contributed by atoms with van der Waals surface area (Å²) in [6.45, 7) is 0. The average molecular weight is 288 g/mol. The Kier molecular flexibility index (Phi) is 4.33. The minimum Gasteiger partial charge on any atom is -0.341 e. The van der Waals surface area contributed by atoms with Gasteiger partial charge in [-0.15, -0.1) is 11.6 Å². The number of hydrogen-bond donors (Lipinski definition) is 2. The monoisotopic (exact) mass is 287 g/mol. The van der Waals surface area contributed by atoms with Crippen LogP contribution in [0.15, 0.2) is 6.33 Å². The summed E-state index contributed by atoms with van der Waals surface area (Å²) in [5.41, 5.74) is 0.975. The molecule has 0 aromatic carbocycles. The maximum absolute atomic E-state index is 11.6. The molecular formula is C10H11Cl2N5O. The third-order valence-electron chi connectivity index (χ3n) is 2.28. The minimum atomic E-state index is -0.161. The number of amides is 1. The number of H-pyrrole nitrogens is 1. The van der Waals surface area contributed by atoms with Crippen LogP contribution >= 0.6 is 23.2 Å². The van der Waals surface area contributed by atoms with Crippen LogP contribution in [0.3, 0.4) is 0 Å². The van der Waals surface area contributed by atoms with Crippen LogP contribution in [0.4, 0.5) is 5.95 Å². The molecule has 2 aromatic heterocycles. The van der Waals surface area contributed by atoms with Crippen molar-refractivity contribution in [2.24, 2.45) is 0 Å². The van der Waals surface area contributed by atoms with E-state index in [1.54, 1.807) is 0 Å². The number of hydrogen-bond acceptors (Lipinski definition) is 4. The predicted molar refractivity (Wildman–Crippen MR) is 69.9 cm³/mol. The first kappa shape index (κ1) is 13.0. The summed E-state index contributed by atoms with van der Waals surface area (Å²) in [6.07, 6.45) is 3.38. The zero-order chi connectivity index (χ0) is 13.0. The summed E-state index contributed by atoms with van der Waals surface area (Å²) in [7, 11) is 0. The van der Waals surface area contributed by atoms with Gasteiger partial charge in [0.2, 0.25) is 11.9 Å². The first-order valence-electron chi connectivity index (χ1n) is 5.43. The third-order valence-corrected chi connectivity index (χ3v) is 2.82. The predicted octanol–water partition coefficient (Wildman–Crippen LogP) is 2.35. The van der Waals surface area contributed by atoms with Gasteiger partial charge in [0.1, 0.15) is 5.52 Å². The van der Waals surface area contributed by atoms with Crippen molar-refractivity contribution in [2.75, 3.05) is 11.2 Å². The fourth-order valence-corrected chi connectivity index (χ4v) is 1.83. The molecule has 6 nitrogen and oxygen atoms in total. The van der Waals surface area contributed by atoms with Gasteiger partial charge < -0.3 is 4.98 Å². The van der Waals surface area contributed by atoms with Crippen LogP contribution < -0.4 is 5.32 Å². The van der Waals surface area contributed by atoms with Crippen molar-refractivity contribution in [3.63, 3.8) is 0 Å². The summed E-state index contributed by atoms with van der Waals surface area (Å²) < 4.78 is 0. The summed E-state index contributed by atoms with van der Waals surface area (Å²) in [6, 6.07) is 0. The van der Waals surface area contributed by atoms with Gasteiger partial charge in [0, 0.05) is 12.3 Å². The molecule has 1 amide bonds. The lowest BCUT2D eigenvalue weighted by atomic mass is 10.2. The normalized spacial score (nSPS) is 10.8. The lowest BCUT2D eigenvalue weighted by molar-refractivity contribution is -0.116. The third kappa shape index (κ3) is 3.08. The molecule has 0 fully saturated rings. The first-order valence-corrected chi connectivity index (χ1v) is 6.34. The van der Waals surface area contributed by atoms with Gasteiger partial charge >= 0.3 is 0 Å². The van der Waals surface area contributed by atoms with E-state index < -0.39 is 0 Å². The summed E-state index contributed by atoms with van der Waals surface area (Å²) >= 11 is 11.5. The van der Waals surface area contributed by atoms with Crippen molar-refractivity contribution < 1.29 is 4.79 Å². The fraction of sp³-hybridized carbons (Fsp3) is 0.400. The molecule has 0 aliphatic carbocycles. The van der Waals surface area contributed by atoms with Crippen LogP contribution in [-0.4, -0.2) is 31.7 Å². The van der Waals surface area contributed by atoms with Gasteiger partial charge in [-0.05, 0) is 12.8 Å². The molecule has 0 aliphatic heterocycles. The number of anilines is 1. The van der Waals surface area contributed by atoms with E-state index in [9.17, 15) is 4.79 Å². The Morgan fingerprint density at radius 3 is 3.00 bits per heavy atom. The van der Waals surface area contributed by atoms with E-state index in [2.05, 4.69) is 25.3 Å². The molecule has 8 heteroatoms. The summed E-state index contributed by atoms with van der Waals surface area (Å²) in [5, 5.41) is 2.81. The number of aromatic amines is 1. The zero-order valence-corrected chi connectivity index (χ0v) is 10.9. The van der Waals surface area contributed by atoms with Crippen LogP contribution in [0, 0.1) is 0 Å². The Morgan fingerprint density at radius 2 is 2.22 bits per heavy atom. The van der Waals surface area contributed by atoms with Crippen LogP contribution in [0.25, 0.3) is 11.2 Å². The van der Waals surface area contributed by atoms with Crippen molar-refractivity contribution in [2.45, 2.75) is 19.3 Å². The first-order chi connectivity index (χ1) is 8.70. The average Bonchev–Trinajstić information content (AvgIpc) is 2.78. The quantitative estimate of drug-likeness (QED) is 0.502. The van der Waals surface area contributed by atoms with Crippen molar-refractivity contribution in [1.29, 1.82) is 0 Å². The number of nitrogens with zero attached hydrogens (tertiary/aromatic N) is 3. The van der Waals surface area contributed by atoms with Crippen molar-refractivity contribution in [1.82, 2.24) is 19.9 Å². The number of unbranched alkanes of at least 4 members (excludes halogenated alkanes) is 1. The van der Waals surface area contributed by atoms with Gasteiger partial charge in [-0.25, -0.2) is 4.98 Å². The molecule has 2 heterocycles. The van der Waals surface area contributed by atoms with Crippen LogP contribution in [-0.2, 0) is 4.79 Å². The standard InChI is InChI=1S/C10H11Cl2N5O/c11-4-2-1-3-6(18)15-10-16-8(12)7-9(17-10)14-5-13-7/h5H,1-4H2,(H2,13,14,15,16,17,18). The molecule has 0 saturated carbocycles. The van der Waals surface area contributed by atoms with E-state index in [1.807, 2.05) is 0 Å². The number of fused-ring (bicyclic) bond motifs is 1. The van der Waals surface area contributed by atoms with E-state index in [4.69, 9.17) is 23.2 Å². The Labute approximate surface area is 113 Å². The molecule has 0 spiro atoms. The van der Waals surface area contributed by atoms with Gasteiger partial charge in [0.25, 0.3) is 0 Å². The topological polar surface area (TPSA) is 83.6 Å². The van der Waals surface area contributed by atoms with E-state index in [1.165, 1.54) is 6.33 Å². The Morgan fingerprint density at radius 1 is 1.39 bits per heavy atom. The second-order valence-electron chi connectivity index (χ2n) is 3.63. The molecule has 0 radical (unpaired) electrons. The van der Waals surface area contributed by atoms with Gasteiger partial charge in [-0.1, -0.05) is 11.6 Å². The smallest absolute Gasteiger partial charge is 0.233 e. The Balaban J connectivity index is 2.05. The van der Waals surface area contributed by atoms with Crippen molar-refractivity contribution in [3.8, 4) is 0 Å². The number of nitrogens with one attached hydrogen (secondary N) is 2. The SMILES string of the molecule is O=C(CCCCCl)Nc1nc(Cl)c2[nH]cnc2n1. The molecule has 0 unspecified atom stereocenters. The number of alkyl halides is 1. The van der Waals surface area contributed by atoms with Crippen LogP contribution in [0.5, 0.6) is 0 Å². The minimum absolute atomic E-state index is 0.161. The van der Waals surface area contributed by atoms with Crippen LogP contribution in [0.2, 0.25) is 5.15 Å². The number of halogens is 2. The van der Waals surface area contributed by atoms with Gasteiger partial charge in [-0.2, -0.15) is 9.97 Å². The highest BCUT2D eigenvalue weighted by molar-refractivity contribution is 6.33. The molecule has 18 heavy (non-hydrogen) atoms. The Bertz CT molecular complexity index is 556. The molecule has 0 saturated heterocycles. The van der Waals surface area contributed by atoms with Crippen molar-refractivity contribution in [3.05, 3.63) is 11.5 Å². The van der Waals surface area contributed by atoms with E-state index in [0.29, 0.717) is 23.5 Å². The maximum atomic E-state index is 11.6. The second-order valence-corrected chi connectivity index (χ2v) is 4.37. The number of carbonyl (C=O) groups excluding carboxylic acids is 1. The van der Waals surface area contributed by atoms with Gasteiger partial charge in [0.15, 0.2) is 10.8 Å². The molecular weight excluding hydrogens is 277 g/mol. The zero-order valence-electron chi connectivity index (χ0n) is 9.41. The number of aromatic nitrogens is 4. The summed E-state index contributed by atoms with van der Waals surface area (Å²) in [5.74, 6) is 0.552. The van der Waals surface area contributed by atoms with Crippen molar-refractivity contribution >= 4 is 46.2 Å². The highest BCUT2D eigenvalue weighted by atomic mass is 35.5. The molecule has 0 bridgehead atoms. The molecule has 0 aliphatic rings. The second kappa shape index (κ2) is 5.97. The number of rotatable bonds is 5. The molecule has 2 rings (SSSR count). The largest absolute Gasteiger partial charge is 0.341 e. The highest BCUT2D eigenvalue weighted by Gasteiger charge is 2.10. The molecule has 0 atom stereocenters. The molecule has 2 aromatic rings. The van der Waals surface area contributed by atoms with E-state index in [0.717, 1.165) is 12.8 Å². The number of imidazole rings is 1. The van der Waals surface area contributed by atoms with Crippen LogP contribution in [0.1, 0.15) is 19.3 Å². The van der Waals surface area contributed by atoms with E-state index >= 15 is 0 Å². The maximum Gasteiger partial charge on any atom is 0.233 e. The van der Waals surface area contributed by atoms with Gasteiger partial charge in [0.05, 0.1) is 6.33 Å². The van der Waals surface area contributed by atoms with Gasteiger partial charge in [-0.3, -0.25) is 10.1 Å². The van der Waals surface area contributed by atoms with E-state index in [-0.39, 0.29) is 17.0 Å². The number of carbonyl (C=O) groups is 1. The Hall–Kier alpha value is -1.40. The summed E-state index contributed by atoms with van der Waals surface area (Å²) in [4.78, 5) is 26.4. The fourth-order valence-electron chi connectivity index (χ4n) is 1.42. The highest BCUT2D eigenvalue weighted by Crippen LogP contribution is 2.18. The molecule has 2 N–H and O–H groups in total. The lowest BCUT2D eigenvalue weighted by Gasteiger charge is -2.03. The lowest BCUT2D eigenvalue weighted by Crippen LogP contribution is -2.13. The molecule has 96 valence electrons.